The molecule has 11 nitrogen and oxygen atoms in total. The average molecular weight is 817 g/mol. The number of hydrogen-bond acceptors (Lipinski definition) is 8. The predicted octanol–water partition coefficient (Wildman–Crippen LogP) is 9.60. The summed E-state index contributed by atoms with van der Waals surface area (Å²) in [4.78, 5) is 48.6. The van der Waals surface area contributed by atoms with Crippen LogP contribution in [0.1, 0.15) is 65.5 Å². The number of rotatable bonds is 8. The number of anilines is 1. The summed E-state index contributed by atoms with van der Waals surface area (Å²) in [6.07, 6.45) is 0.215. The van der Waals surface area contributed by atoms with Gasteiger partial charge in [-0.05, 0) is 83.4 Å². The van der Waals surface area contributed by atoms with Crippen molar-refractivity contribution in [3.8, 4) is 39.4 Å². The molecule has 2 aliphatic heterocycles. The maximum absolute atomic E-state index is 13.3. The van der Waals surface area contributed by atoms with Gasteiger partial charge in [0.1, 0.15) is 11.2 Å². The molecule has 0 unspecified atom stereocenters. The lowest BCUT2D eigenvalue weighted by molar-refractivity contribution is -0.119. The van der Waals surface area contributed by atoms with Gasteiger partial charge in [0.15, 0.2) is 0 Å². The molecule has 6 rings (SSSR count). The average Bonchev–Trinajstić information content (AvgIpc) is 3.47. The Morgan fingerprint density at radius 3 is 2.16 bits per heavy atom. The molecule has 1 aromatic heterocycles. The molecule has 4 aromatic rings. The van der Waals surface area contributed by atoms with Gasteiger partial charge >= 0.3 is 12.2 Å². The second-order valence-electron chi connectivity index (χ2n) is 16.5. The summed E-state index contributed by atoms with van der Waals surface area (Å²) in [7, 11) is 3.55. The molecule has 1 fully saturated rings. The van der Waals surface area contributed by atoms with Crippen molar-refractivity contribution in [2.75, 3.05) is 38.7 Å². The number of methoxy groups -OCH3 is 1. The third-order valence-electron chi connectivity index (χ3n) is 9.75. The Hall–Kier alpha value is -5.00. The maximum Gasteiger partial charge on any atom is 0.410 e. The molecule has 0 radical (unpaired) electrons. The number of aromatic nitrogens is 1. The number of nitrogens with zero attached hydrogens (tertiary/aromatic N) is 4. The van der Waals surface area contributed by atoms with Gasteiger partial charge in [-0.1, -0.05) is 65.7 Å². The Bertz CT molecular complexity index is 2160. The first-order chi connectivity index (χ1) is 26.9. The van der Waals surface area contributed by atoms with E-state index in [-0.39, 0.29) is 31.1 Å². The fourth-order valence-corrected chi connectivity index (χ4v) is 7.70. The van der Waals surface area contributed by atoms with Crippen molar-refractivity contribution < 1.29 is 28.6 Å². The highest BCUT2D eigenvalue weighted by Gasteiger charge is 2.30. The van der Waals surface area contributed by atoms with Crippen LogP contribution >= 0.6 is 23.2 Å². The van der Waals surface area contributed by atoms with Gasteiger partial charge in [0.25, 0.3) is 0 Å². The van der Waals surface area contributed by atoms with Crippen LogP contribution in [0.4, 0.5) is 15.3 Å². The number of carbonyl (C=O) groups is 3. The van der Waals surface area contributed by atoms with Gasteiger partial charge in [0.05, 0.1) is 35.9 Å². The third kappa shape index (κ3) is 9.94. The number of halogens is 2. The smallest absolute Gasteiger partial charge is 0.410 e. The number of ether oxygens (including phenoxy) is 3. The highest BCUT2D eigenvalue weighted by atomic mass is 35.5. The maximum atomic E-state index is 13.3. The molecule has 3 aromatic carbocycles. The highest BCUT2D eigenvalue weighted by Crippen LogP contribution is 2.43. The molecule has 0 aliphatic carbocycles. The van der Waals surface area contributed by atoms with Gasteiger partial charge in [0.2, 0.25) is 11.8 Å². The minimum absolute atomic E-state index is 0.0323. The van der Waals surface area contributed by atoms with E-state index in [0.717, 1.165) is 33.5 Å². The van der Waals surface area contributed by atoms with Crippen molar-refractivity contribution in [1.82, 2.24) is 20.1 Å². The molecule has 302 valence electrons. The summed E-state index contributed by atoms with van der Waals surface area (Å²) in [5, 5.41) is 3.93. The van der Waals surface area contributed by atoms with Crippen molar-refractivity contribution >= 4 is 47.0 Å². The van der Waals surface area contributed by atoms with Crippen LogP contribution in [0.3, 0.4) is 0 Å². The number of likely N-dealkylation sites (N-methyl/N-ethyl adjacent to an activating group) is 1. The molecule has 13 heteroatoms. The third-order valence-corrected chi connectivity index (χ3v) is 10.6. The first-order valence-corrected chi connectivity index (χ1v) is 19.9. The minimum Gasteiger partial charge on any atom is -0.481 e. The number of carbonyl (C=O) groups excluding carboxylic acids is 3. The Balaban J connectivity index is 1.29. The van der Waals surface area contributed by atoms with Crippen molar-refractivity contribution in [3.05, 3.63) is 87.9 Å². The molecule has 1 atom stereocenters. The van der Waals surface area contributed by atoms with Crippen LogP contribution in [0.25, 0.3) is 33.5 Å². The fourth-order valence-electron chi connectivity index (χ4n) is 7.04. The SMILES string of the molecule is COc1nc(-c2cccc(-c3cccc(-c4ccc5c(c4)CN(C(=O)OC(C)(C)C)CCN5C)c3Cl)c2Cl)ccc1CN(C[C@@H]1CCC(=O)N1)C(=O)OC(C)(C)C. The van der Waals surface area contributed by atoms with Crippen LogP contribution in [0.15, 0.2) is 66.7 Å². The Labute approximate surface area is 345 Å². The van der Waals surface area contributed by atoms with E-state index >= 15 is 0 Å². The monoisotopic (exact) mass is 815 g/mol. The van der Waals surface area contributed by atoms with Crippen LogP contribution in [0.5, 0.6) is 5.88 Å². The van der Waals surface area contributed by atoms with Gasteiger partial charge < -0.3 is 34.2 Å². The zero-order valence-corrected chi connectivity index (χ0v) is 35.4. The fraction of sp³-hybridized carbons (Fsp3) is 0.409. The van der Waals surface area contributed by atoms with Crippen LogP contribution in [0.2, 0.25) is 10.0 Å². The van der Waals surface area contributed by atoms with Crippen LogP contribution in [-0.4, -0.2) is 83.9 Å². The topological polar surface area (TPSA) is 114 Å². The van der Waals surface area contributed by atoms with Gasteiger partial charge in [-0.2, -0.15) is 0 Å². The molecule has 3 amide bonds. The number of benzene rings is 3. The highest BCUT2D eigenvalue weighted by molar-refractivity contribution is 6.39. The van der Waals surface area contributed by atoms with Gasteiger partial charge in [-0.25, -0.2) is 14.6 Å². The van der Waals surface area contributed by atoms with E-state index in [9.17, 15) is 14.4 Å². The number of amides is 3. The van der Waals surface area contributed by atoms with E-state index in [1.807, 2.05) is 103 Å². The Morgan fingerprint density at radius 1 is 0.877 bits per heavy atom. The Kier molecular flexibility index (Phi) is 12.3. The molecular formula is C44H51Cl2N5O6. The van der Waals surface area contributed by atoms with Crippen LogP contribution in [0, 0.1) is 0 Å². The molecule has 1 N–H and O–H groups in total. The number of pyridine rings is 1. The molecule has 0 spiro atoms. The standard InChI is InChI=1S/C44H51Cl2N5O6/c1-43(2,3)56-41(53)50-22-21-49(7)36-19-16-27(23-29(36)25-50)31-11-9-12-32(38(31)45)33-13-10-14-34(39(33)46)35-18-15-28(40(48-35)55-8)24-51(42(54)57-44(4,5)6)26-30-17-20-37(52)47-30/h9-16,18-19,23,30H,17,20-22,24-26H2,1-8H3,(H,47,52)/t30-/m0/s1. The Morgan fingerprint density at radius 2 is 1.53 bits per heavy atom. The van der Waals surface area contributed by atoms with Crippen molar-refractivity contribution in [2.45, 2.75) is 84.7 Å². The summed E-state index contributed by atoms with van der Waals surface area (Å²) < 4.78 is 17.2. The summed E-state index contributed by atoms with van der Waals surface area (Å²) in [5.41, 5.74) is 5.86. The second-order valence-corrected chi connectivity index (χ2v) is 17.3. The van der Waals surface area contributed by atoms with Gasteiger partial charge in [-0.3, -0.25) is 4.79 Å². The quantitative estimate of drug-likeness (QED) is 0.187. The molecule has 57 heavy (non-hydrogen) atoms. The van der Waals surface area contributed by atoms with Gasteiger partial charge in [-0.15, -0.1) is 0 Å². The lowest BCUT2D eigenvalue weighted by Crippen LogP contribution is -2.43. The number of nitrogens with one attached hydrogen (secondary N) is 1. The molecular weight excluding hydrogens is 765 g/mol. The molecule has 2 aliphatic rings. The van der Waals surface area contributed by atoms with Crippen molar-refractivity contribution in [1.29, 1.82) is 0 Å². The zero-order valence-electron chi connectivity index (χ0n) is 33.9. The molecule has 0 bridgehead atoms. The van der Waals surface area contributed by atoms with Crippen LogP contribution in [-0.2, 0) is 27.4 Å². The molecule has 0 saturated carbocycles. The van der Waals surface area contributed by atoms with Crippen LogP contribution < -0.4 is 15.0 Å². The lowest BCUT2D eigenvalue weighted by Gasteiger charge is -2.29. The number of hydrogen-bond donors (Lipinski definition) is 1. The first-order valence-electron chi connectivity index (χ1n) is 19.1. The van der Waals surface area contributed by atoms with E-state index in [1.54, 1.807) is 9.80 Å². The molecule has 1 saturated heterocycles. The summed E-state index contributed by atoms with van der Waals surface area (Å²) in [6.45, 7) is 13.1. The van der Waals surface area contributed by atoms with E-state index in [2.05, 4.69) is 22.3 Å². The van der Waals surface area contributed by atoms with E-state index in [0.29, 0.717) is 65.2 Å². The lowest BCUT2D eigenvalue weighted by atomic mass is 9.95. The van der Waals surface area contributed by atoms with E-state index < -0.39 is 17.3 Å². The van der Waals surface area contributed by atoms with Crippen molar-refractivity contribution in [3.63, 3.8) is 0 Å². The zero-order chi connectivity index (χ0) is 41.2. The summed E-state index contributed by atoms with van der Waals surface area (Å²) >= 11 is 14.4. The molecule has 3 heterocycles. The first kappa shape index (κ1) is 41.6. The largest absolute Gasteiger partial charge is 0.481 e. The van der Waals surface area contributed by atoms with Gasteiger partial charge in [0, 0.05) is 72.6 Å². The summed E-state index contributed by atoms with van der Waals surface area (Å²) in [5.74, 6) is 0.298. The summed E-state index contributed by atoms with van der Waals surface area (Å²) in [6, 6.07) is 21.3. The second kappa shape index (κ2) is 16.8. The van der Waals surface area contributed by atoms with E-state index in [1.165, 1.54) is 7.11 Å². The normalized spacial score (nSPS) is 15.8. The van der Waals surface area contributed by atoms with Crippen molar-refractivity contribution in [2.24, 2.45) is 0 Å². The predicted molar refractivity (Wildman–Crippen MR) is 225 cm³/mol. The minimum atomic E-state index is -0.702. The number of fused-ring (bicyclic) bond motifs is 1. The van der Waals surface area contributed by atoms with E-state index in [4.69, 9.17) is 42.4 Å².